The Morgan fingerprint density at radius 1 is 1.03 bits per heavy atom. The average molecular weight is 473 g/mol. The molecule has 4 aromatic rings. The van der Waals surface area contributed by atoms with Gasteiger partial charge in [0.05, 0.1) is 26.2 Å². The maximum Gasteiger partial charge on any atom is 0.238 e. The van der Waals surface area contributed by atoms with Crippen LogP contribution in [0.4, 0.5) is 0 Å². The Hall–Kier alpha value is -3.68. The second-order valence-electron chi connectivity index (χ2n) is 10.1. The van der Waals surface area contributed by atoms with Crippen LogP contribution in [0.25, 0.3) is 17.2 Å². The van der Waals surface area contributed by atoms with Gasteiger partial charge in [0.25, 0.3) is 0 Å². The molecule has 0 saturated heterocycles. The molecule has 0 amide bonds. The van der Waals surface area contributed by atoms with Crippen LogP contribution in [0.15, 0.2) is 42.9 Å². The Morgan fingerprint density at radius 2 is 1.86 bits per heavy atom. The summed E-state index contributed by atoms with van der Waals surface area (Å²) in [5.41, 5.74) is 4.86. The van der Waals surface area contributed by atoms with Gasteiger partial charge < -0.3 is 14.0 Å². The number of ether oxygens (including phenoxy) is 2. The van der Waals surface area contributed by atoms with Crippen LogP contribution < -0.4 is 9.47 Å². The number of aromatic nitrogens is 6. The van der Waals surface area contributed by atoms with Gasteiger partial charge in [-0.15, -0.1) is 5.10 Å². The standard InChI is InChI=1S/C27H32N6O2/c1-17-15-32(16-28-17)22-11-10-21(29-26(22)35-6)24-30-25-19(8-7-13-33(25)31-24)18-9-12-23(34-5)20(14-18)27(2,3)4/h9-12,14-16,19H,7-8,13H2,1-6H3. The largest absolute Gasteiger partial charge is 0.496 e. The second-order valence-corrected chi connectivity index (χ2v) is 10.1. The monoisotopic (exact) mass is 472 g/mol. The van der Waals surface area contributed by atoms with Gasteiger partial charge in [0, 0.05) is 18.7 Å². The third-order valence-corrected chi connectivity index (χ3v) is 6.56. The molecule has 4 heterocycles. The molecule has 8 heteroatoms. The quantitative estimate of drug-likeness (QED) is 0.403. The molecule has 1 aliphatic heterocycles. The lowest BCUT2D eigenvalue weighted by molar-refractivity contribution is 0.396. The van der Waals surface area contributed by atoms with Crippen molar-refractivity contribution in [1.82, 2.24) is 29.3 Å². The SMILES string of the molecule is COc1ccc(C2CCCn3nc(-c4ccc(-n5cnc(C)c5)c(OC)n4)nc32)cc1C(C)(C)C. The molecule has 0 saturated carbocycles. The van der Waals surface area contributed by atoms with Gasteiger partial charge >= 0.3 is 0 Å². The highest BCUT2D eigenvalue weighted by Crippen LogP contribution is 2.38. The molecule has 1 aromatic carbocycles. The average Bonchev–Trinajstić information content (AvgIpc) is 3.49. The lowest BCUT2D eigenvalue weighted by atomic mass is 9.82. The van der Waals surface area contributed by atoms with Crippen molar-refractivity contribution in [1.29, 1.82) is 0 Å². The Balaban J connectivity index is 1.52. The highest BCUT2D eigenvalue weighted by molar-refractivity contribution is 5.56. The molecule has 8 nitrogen and oxygen atoms in total. The first-order valence-corrected chi connectivity index (χ1v) is 12.0. The number of hydrogen-bond acceptors (Lipinski definition) is 6. The van der Waals surface area contributed by atoms with Crippen molar-refractivity contribution in [3.8, 4) is 28.8 Å². The van der Waals surface area contributed by atoms with Crippen LogP contribution in [0.2, 0.25) is 0 Å². The molecule has 1 unspecified atom stereocenters. The third-order valence-electron chi connectivity index (χ3n) is 6.56. The van der Waals surface area contributed by atoms with Crippen LogP contribution in [0, 0.1) is 6.92 Å². The number of methoxy groups -OCH3 is 2. The molecule has 0 N–H and O–H groups in total. The highest BCUT2D eigenvalue weighted by atomic mass is 16.5. The lowest BCUT2D eigenvalue weighted by Crippen LogP contribution is -2.19. The van der Waals surface area contributed by atoms with Crippen LogP contribution >= 0.6 is 0 Å². The minimum Gasteiger partial charge on any atom is -0.496 e. The van der Waals surface area contributed by atoms with Gasteiger partial charge in [-0.2, -0.15) is 0 Å². The Bertz CT molecular complexity index is 1360. The predicted molar refractivity (Wildman–Crippen MR) is 134 cm³/mol. The Morgan fingerprint density at radius 3 is 2.54 bits per heavy atom. The summed E-state index contributed by atoms with van der Waals surface area (Å²) in [6.07, 6.45) is 5.78. The zero-order chi connectivity index (χ0) is 24.7. The summed E-state index contributed by atoms with van der Waals surface area (Å²) < 4.78 is 15.2. The van der Waals surface area contributed by atoms with E-state index in [4.69, 9.17) is 24.5 Å². The minimum atomic E-state index is -0.0230. The molecule has 1 atom stereocenters. The van der Waals surface area contributed by atoms with E-state index in [2.05, 4.69) is 44.0 Å². The zero-order valence-electron chi connectivity index (χ0n) is 21.2. The Kier molecular flexibility index (Phi) is 5.83. The number of benzene rings is 1. The molecule has 1 aliphatic rings. The van der Waals surface area contributed by atoms with Gasteiger partial charge in [-0.1, -0.05) is 32.9 Å². The van der Waals surface area contributed by atoms with E-state index in [1.165, 1.54) is 11.1 Å². The number of imidazole rings is 1. The number of fused-ring (bicyclic) bond motifs is 1. The first-order valence-electron chi connectivity index (χ1n) is 12.0. The summed E-state index contributed by atoms with van der Waals surface area (Å²) in [4.78, 5) is 14.0. The Labute approximate surface area is 206 Å². The van der Waals surface area contributed by atoms with E-state index >= 15 is 0 Å². The van der Waals surface area contributed by atoms with E-state index < -0.39 is 0 Å². The first kappa shape index (κ1) is 23.1. The first-order chi connectivity index (χ1) is 16.8. The van der Waals surface area contributed by atoms with E-state index in [1.54, 1.807) is 20.5 Å². The molecule has 182 valence electrons. The van der Waals surface area contributed by atoms with Crippen molar-refractivity contribution >= 4 is 0 Å². The molecule has 0 spiro atoms. The molecule has 0 radical (unpaired) electrons. The number of rotatable bonds is 5. The maximum atomic E-state index is 5.65. The van der Waals surface area contributed by atoms with Crippen LogP contribution in [0.1, 0.15) is 62.2 Å². The summed E-state index contributed by atoms with van der Waals surface area (Å²) in [6.45, 7) is 9.44. The lowest BCUT2D eigenvalue weighted by Gasteiger charge is -2.26. The zero-order valence-corrected chi connectivity index (χ0v) is 21.2. The highest BCUT2D eigenvalue weighted by Gasteiger charge is 2.29. The van der Waals surface area contributed by atoms with Crippen molar-refractivity contribution in [2.24, 2.45) is 0 Å². The molecule has 0 aliphatic carbocycles. The molecular formula is C27H32N6O2. The number of pyridine rings is 1. The van der Waals surface area contributed by atoms with Gasteiger partial charge in [-0.3, -0.25) is 0 Å². The van der Waals surface area contributed by atoms with E-state index in [0.29, 0.717) is 17.4 Å². The molecule has 0 bridgehead atoms. The molecule has 3 aromatic heterocycles. The summed E-state index contributed by atoms with van der Waals surface area (Å²) in [5, 5.41) is 4.83. The van der Waals surface area contributed by atoms with E-state index in [0.717, 1.165) is 42.3 Å². The molecular weight excluding hydrogens is 440 g/mol. The van der Waals surface area contributed by atoms with Crippen molar-refractivity contribution in [3.63, 3.8) is 0 Å². The third kappa shape index (κ3) is 4.29. The van der Waals surface area contributed by atoms with Crippen LogP contribution in [0.5, 0.6) is 11.6 Å². The predicted octanol–water partition coefficient (Wildman–Crippen LogP) is 5.07. The summed E-state index contributed by atoms with van der Waals surface area (Å²) >= 11 is 0. The minimum absolute atomic E-state index is 0.0230. The molecule has 5 rings (SSSR count). The number of aryl methyl sites for hydroxylation is 2. The van der Waals surface area contributed by atoms with Crippen LogP contribution in [-0.2, 0) is 12.0 Å². The van der Waals surface area contributed by atoms with Crippen LogP contribution in [0.3, 0.4) is 0 Å². The van der Waals surface area contributed by atoms with Crippen molar-refractivity contribution in [2.75, 3.05) is 14.2 Å². The van der Waals surface area contributed by atoms with Gasteiger partial charge in [-0.25, -0.2) is 19.6 Å². The second kappa shape index (κ2) is 8.83. The number of nitrogens with zero attached hydrogens (tertiary/aromatic N) is 6. The molecule has 35 heavy (non-hydrogen) atoms. The smallest absolute Gasteiger partial charge is 0.238 e. The maximum absolute atomic E-state index is 5.65. The van der Waals surface area contributed by atoms with Gasteiger partial charge in [0.15, 0.2) is 5.82 Å². The van der Waals surface area contributed by atoms with E-state index in [1.807, 2.05) is 34.5 Å². The van der Waals surface area contributed by atoms with Gasteiger partial charge in [-0.05, 0) is 54.5 Å². The van der Waals surface area contributed by atoms with E-state index in [9.17, 15) is 0 Å². The summed E-state index contributed by atoms with van der Waals surface area (Å²) in [5.74, 6) is 3.19. The summed E-state index contributed by atoms with van der Waals surface area (Å²) in [6, 6.07) is 10.4. The van der Waals surface area contributed by atoms with Crippen molar-refractivity contribution < 1.29 is 9.47 Å². The number of hydrogen-bond donors (Lipinski definition) is 0. The van der Waals surface area contributed by atoms with Crippen molar-refractivity contribution in [3.05, 3.63) is 65.5 Å². The van der Waals surface area contributed by atoms with E-state index in [-0.39, 0.29) is 11.3 Å². The topological polar surface area (TPSA) is 79.9 Å². The van der Waals surface area contributed by atoms with Gasteiger partial charge in [0.2, 0.25) is 5.88 Å². The van der Waals surface area contributed by atoms with Crippen LogP contribution in [-0.4, -0.2) is 43.5 Å². The molecule has 0 fully saturated rings. The normalized spacial score (nSPS) is 15.7. The fourth-order valence-electron chi connectivity index (χ4n) is 4.76. The van der Waals surface area contributed by atoms with Gasteiger partial charge in [0.1, 0.15) is 23.0 Å². The summed E-state index contributed by atoms with van der Waals surface area (Å²) in [7, 11) is 3.35. The fourth-order valence-corrected chi connectivity index (χ4v) is 4.76. The van der Waals surface area contributed by atoms with Crippen molar-refractivity contribution in [2.45, 2.75) is 58.4 Å². The fraction of sp³-hybridized carbons (Fsp3) is 0.407.